The van der Waals surface area contributed by atoms with Crippen LogP contribution in [0.4, 0.5) is 18.9 Å². The van der Waals surface area contributed by atoms with Crippen molar-refractivity contribution in [2.45, 2.75) is 43.0 Å². The number of hydrogen-bond acceptors (Lipinski definition) is 5. The second-order valence-electron chi connectivity index (χ2n) is 8.18. The molecule has 2 saturated heterocycles. The van der Waals surface area contributed by atoms with Crippen LogP contribution in [0.3, 0.4) is 0 Å². The average molecular weight is 444 g/mol. The lowest BCUT2D eigenvalue weighted by atomic mass is 9.63. The topological polar surface area (TPSA) is 116 Å². The maximum atomic E-state index is 13.5. The molecule has 1 saturated carbocycles. The molecule has 8 nitrogen and oxygen atoms in total. The number of sulfonamides is 1. The highest BCUT2D eigenvalue weighted by atomic mass is 32.2. The number of halogens is 3. The van der Waals surface area contributed by atoms with Gasteiger partial charge in [-0.05, 0) is 38.0 Å². The molecule has 3 N–H and O–H groups in total. The molecule has 0 radical (unpaired) electrons. The molecule has 3 heterocycles. The summed E-state index contributed by atoms with van der Waals surface area (Å²) in [5.74, 6) is -1.05. The second kappa shape index (κ2) is 6.53. The summed E-state index contributed by atoms with van der Waals surface area (Å²) in [7, 11) is -4.04. The van der Waals surface area contributed by atoms with Crippen molar-refractivity contribution < 1.29 is 31.1 Å². The molecule has 2 aromatic rings. The largest absolute Gasteiger partial charge is 0.420 e. The number of amides is 1. The lowest BCUT2D eigenvalue weighted by Crippen LogP contribution is -2.44. The van der Waals surface area contributed by atoms with Gasteiger partial charge in [0.1, 0.15) is 11.3 Å². The first-order valence-electron chi connectivity index (χ1n) is 9.02. The smallest absolute Gasteiger partial charge is 0.375 e. The summed E-state index contributed by atoms with van der Waals surface area (Å²) in [4.78, 5) is 12.5. The van der Waals surface area contributed by atoms with Gasteiger partial charge >= 0.3 is 6.18 Å². The minimum absolute atomic E-state index is 0.00835. The van der Waals surface area contributed by atoms with Gasteiger partial charge in [-0.3, -0.25) is 9.48 Å². The van der Waals surface area contributed by atoms with E-state index in [2.05, 4.69) is 10.4 Å². The van der Waals surface area contributed by atoms with Gasteiger partial charge in [0, 0.05) is 17.6 Å². The summed E-state index contributed by atoms with van der Waals surface area (Å²) >= 11 is 0. The molecule has 1 aromatic carbocycles. The van der Waals surface area contributed by atoms with Crippen LogP contribution in [0, 0.1) is 5.41 Å². The SMILES string of the molecule is CC12CC(Cn3ncc(C(F)(F)F)c3C(=O)Nc3cccc(S(N)(=O)=O)c3)(CO1)C2. The van der Waals surface area contributed by atoms with Crippen molar-refractivity contribution in [2.24, 2.45) is 10.6 Å². The summed E-state index contributed by atoms with van der Waals surface area (Å²) < 4.78 is 70.2. The fourth-order valence-corrected chi connectivity index (χ4v) is 4.99. The molecular weight excluding hydrogens is 425 g/mol. The van der Waals surface area contributed by atoms with E-state index in [9.17, 15) is 26.4 Å². The number of nitrogens with one attached hydrogen (secondary N) is 1. The Balaban J connectivity index is 1.65. The zero-order valence-corrected chi connectivity index (χ0v) is 16.7. The molecule has 1 amide bonds. The third kappa shape index (κ3) is 3.70. The molecule has 3 fully saturated rings. The lowest BCUT2D eigenvalue weighted by molar-refractivity contribution is -0.138. The van der Waals surface area contributed by atoms with Crippen LogP contribution in [-0.2, 0) is 27.5 Å². The van der Waals surface area contributed by atoms with Crippen molar-refractivity contribution in [1.82, 2.24) is 9.78 Å². The Morgan fingerprint density at radius 1 is 1.37 bits per heavy atom. The van der Waals surface area contributed by atoms with Crippen LogP contribution in [0.2, 0.25) is 0 Å². The zero-order valence-electron chi connectivity index (χ0n) is 15.9. The molecule has 1 aliphatic carbocycles. The van der Waals surface area contributed by atoms with E-state index in [0.29, 0.717) is 25.6 Å². The number of hydrogen-bond donors (Lipinski definition) is 2. The van der Waals surface area contributed by atoms with Gasteiger partial charge in [0.2, 0.25) is 10.0 Å². The fraction of sp³-hybridized carbons (Fsp3) is 0.444. The number of carbonyl (C=O) groups is 1. The van der Waals surface area contributed by atoms with Crippen LogP contribution >= 0.6 is 0 Å². The summed E-state index contributed by atoms with van der Waals surface area (Å²) in [5.41, 5.74) is -2.44. The van der Waals surface area contributed by atoms with E-state index in [4.69, 9.17) is 9.88 Å². The van der Waals surface area contributed by atoms with Gasteiger partial charge in [0.15, 0.2) is 0 Å². The van der Waals surface area contributed by atoms with Gasteiger partial charge in [-0.15, -0.1) is 0 Å². The molecule has 0 spiro atoms. The molecule has 0 unspecified atom stereocenters. The maximum Gasteiger partial charge on any atom is 0.420 e. The average Bonchev–Trinajstić information content (AvgIpc) is 3.25. The van der Waals surface area contributed by atoms with Gasteiger partial charge in [-0.1, -0.05) is 6.07 Å². The number of rotatable bonds is 5. The molecule has 30 heavy (non-hydrogen) atoms. The molecule has 162 valence electrons. The number of anilines is 1. The van der Waals surface area contributed by atoms with E-state index in [1.165, 1.54) is 18.2 Å². The molecule has 3 aliphatic rings. The summed E-state index contributed by atoms with van der Waals surface area (Å²) in [5, 5.41) is 11.2. The van der Waals surface area contributed by atoms with E-state index in [0.717, 1.165) is 10.7 Å². The first kappa shape index (κ1) is 20.8. The normalized spacial score (nSPS) is 25.8. The Labute approximate surface area is 170 Å². The van der Waals surface area contributed by atoms with Crippen molar-refractivity contribution in [3.8, 4) is 0 Å². The highest BCUT2D eigenvalue weighted by Gasteiger charge is 2.60. The monoisotopic (exact) mass is 444 g/mol. The van der Waals surface area contributed by atoms with Crippen molar-refractivity contribution in [2.75, 3.05) is 11.9 Å². The highest BCUT2D eigenvalue weighted by molar-refractivity contribution is 7.89. The molecule has 2 bridgehead atoms. The lowest BCUT2D eigenvalue weighted by Gasteiger charge is -2.42. The van der Waals surface area contributed by atoms with Crippen LogP contribution in [0.1, 0.15) is 35.8 Å². The molecule has 12 heteroatoms. The number of carbonyl (C=O) groups excluding carboxylic acids is 1. The summed E-state index contributed by atoms with van der Waals surface area (Å²) in [6, 6.07) is 4.95. The third-order valence-electron chi connectivity index (χ3n) is 5.49. The van der Waals surface area contributed by atoms with E-state index >= 15 is 0 Å². The van der Waals surface area contributed by atoms with Crippen LogP contribution < -0.4 is 10.5 Å². The molecule has 5 rings (SSSR count). The minimum atomic E-state index is -4.79. The van der Waals surface area contributed by atoms with Gasteiger partial charge in [0.05, 0.1) is 23.3 Å². The van der Waals surface area contributed by atoms with Gasteiger partial charge in [-0.2, -0.15) is 18.3 Å². The number of primary sulfonamides is 1. The molecule has 0 atom stereocenters. The molecule has 2 aliphatic heterocycles. The van der Waals surface area contributed by atoms with Crippen molar-refractivity contribution in [3.63, 3.8) is 0 Å². The quantitative estimate of drug-likeness (QED) is 0.735. The Bertz CT molecular complexity index is 1120. The number of benzene rings is 1. The van der Waals surface area contributed by atoms with Gasteiger partial charge in [0.25, 0.3) is 5.91 Å². The number of aromatic nitrogens is 2. The Kier molecular flexibility index (Phi) is 4.53. The van der Waals surface area contributed by atoms with E-state index < -0.39 is 33.4 Å². The second-order valence-corrected chi connectivity index (χ2v) is 9.74. The predicted molar refractivity (Wildman–Crippen MR) is 99.0 cm³/mol. The highest BCUT2D eigenvalue weighted by Crippen LogP contribution is 2.58. The maximum absolute atomic E-state index is 13.5. The minimum Gasteiger partial charge on any atom is -0.375 e. The zero-order chi connectivity index (χ0) is 21.9. The van der Waals surface area contributed by atoms with Crippen molar-refractivity contribution >= 4 is 21.6 Å². The third-order valence-corrected chi connectivity index (χ3v) is 6.40. The van der Waals surface area contributed by atoms with Crippen LogP contribution in [-0.4, -0.2) is 36.3 Å². The van der Waals surface area contributed by atoms with Gasteiger partial charge in [-0.25, -0.2) is 13.6 Å². The van der Waals surface area contributed by atoms with Crippen LogP contribution in [0.25, 0.3) is 0 Å². The van der Waals surface area contributed by atoms with E-state index in [1.54, 1.807) is 0 Å². The van der Waals surface area contributed by atoms with Crippen molar-refractivity contribution in [1.29, 1.82) is 0 Å². The van der Waals surface area contributed by atoms with Crippen LogP contribution in [0.5, 0.6) is 0 Å². The number of ether oxygens (including phenoxy) is 1. The first-order chi connectivity index (χ1) is 13.8. The number of nitrogens with two attached hydrogens (primary N) is 1. The Morgan fingerprint density at radius 2 is 2.07 bits per heavy atom. The molecule has 1 aromatic heterocycles. The van der Waals surface area contributed by atoms with Gasteiger partial charge < -0.3 is 10.1 Å². The first-order valence-corrected chi connectivity index (χ1v) is 10.6. The van der Waals surface area contributed by atoms with E-state index in [-0.39, 0.29) is 28.1 Å². The predicted octanol–water partition coefficient (Wildman–Crippen LogP) is 2.37. The standard InChI is InChI=1S/C18H19F3N4O4S/c1-16-7-17(8-16,10-29-16)9-25-14(13(6-23-25)18(19,20)21)15(26)24-11-3-2-4-12(5-11)30(22,27)28/h2-6H,7-10H2,1H3,(H,24,26)(H2,22,27,28). The number of fused-ring (bicyclic) bond motifs is 1. The Hall–Kier alpha value is -2.44. The number of nitrogens with zero attached hydrogens (tertiary/aromatic N) is 2. The summed E-state index contributed by atoms with van der Waals surface area (Å²) in [6.07, 6.45) is -2.80. The number of alkyl halides is 3. The van der Waals surface area contributed by atoms with Crippen LogP contribution in [0.15, 0.2) is 35.4 Å². The summed E-state index contributed by atoms with van der Waals surface area (Å²) in [6.45, 7) is 2.44. The molecular formula is C18H19F3N4O4S. The van der Waals surface area contributed by atoms with E-state index in [1.807, 2.05) is 6.92 Å². The Morgan fingerprint density at radius 3 is 2.63 bits per heavy atom. The van der Waals surface area contributed by atoms with Crippen molar-refractivity contribution in [3.05, 3.63) is 41.7 Å². The fourth-order valence-electron chi connectivity index (χ4n) is 4.43.